The minimum Gasteiger partial charge on any atom is -0.478 e. The van der Waals surface area contributed by atoms with Crippen molar-refractivity contribution in [2.75, 3.05) is 0 Å². The lowest BCUT2D eigenvalue weighted by Crippen LogP contribution is -2.48. The summed E-state index contributed by atoms with van der Waals surface area (Å²) in [6.07, 6.45) is 7.26. The van der Waals surface area contributed by atoms with Gasteiger partial charge in [0.05, 0.1) is 5.71 Å². The molecular weight excluding hydrogens is 242 g/mol. The smallest absolute Gasteiger partial charge is 0.351 e. The molecule has 1 aliphatic heterocycles. The van der Waals surface area contributed by atoms with Gasteiger partial charge < -0.3 is 9.94 Å². The summed E-state index contributed by atoms with van der Waals surface area (Å²) < 4.78 is 0. The number of rotatable bonds is 2. The number of oxime groups is 1. The molecule has 0 spiro atoms. The Morgan fingerprint density at radius 1 is 1.21 bits per heavy atom. The summed E-state index contributed by atoms with van der Waals surface area (Å²) in [4.78, 5) is 16.5. The number of nitrogens with zero attached hydrogens (tertiary/aromatic N) is 1. The zero-order valence-electron chi connectivity index (χ0n) is 11.3. The van der Waals surface area contributed by atoms with Gasteiger partial charge in [0.1, 0.15) is 0 Å². The maximum atomic E-state index is 11.3. The second-order valence-corrected chi connectivity index (χ2v) is 7.34. The molecule has 1 heterocycles. The lowest BCUT2D eigenvalue weighted by Gasteiger charge is -2.54. The van der Waals surface area contributed by atoms with Gasteiger partial charge in [0.2, 0.25) is 5.60 Å². The fourth-order valence-electron chi connectivity index (χ4n) is 5.33. The van der Waals surface area contributed by atoms with E-state index in [0.29, 0.717) is 12.3 Å². The largest absolute Gasteiger partial charge is 0.478 e. The zero-order chi connectivity index (χ0) is 13.2. The quantitative estimate of drug-likeness (QED) is 0.833. The SMILES string of the molecule is CC1(C(=O)O)CC(C2C3CC4CC(C3)CC2C4)=NO1. The fraction of sp³-hybridized carbons (Fsp3) is 0.867. The van der Waals surface area contributed by atoms with Crippen molar-refractivity contribution in [2.24, 2.45) is 34.7 Å². The van der Waals surface area contributed by atoms with Gasteiger partial charge in [-0.15, -0.1) is 0 Å². The third-order valence-electron chi connectivity index (χ3n) is 5.95. The van der Waals surface area contributed by atoms with E-state index < -0.39 is 11.6 Å². The van der Waals surface area contributed by atoms with Crippen LogP contribution in [0.4, 0.5) is 0 Å². The van der Waals surface area contributed by atoms with E-state index in [1.807, 2.05) is 0 Å². The first-order chi connectivity index (χ1) is 9.05. The number of hydrogen-bond acceptors (Lipinski definition) is 3. The third kappa shape index (κ3) is 1.65. The Kier molecular flexibility index (Phi) is 2.31. The Morgan fingerprint density at radius 2 is 1.79 bits per heavy atom. The molecule has 1 unspecified atom stereocenters. The highest BCUT2D eigenvalue weighted by atomic mass is 16.7. The predicted octanol–water partition coefficient (Wildman–Crippen LogP) is 2.68. The second-order valence-electron chi connectivity index (χ2n) is 7.34. The van der Waals surface area contributed by atoms with E-state index in [4.69, 9.17) is 4.84 Å². The molecule has 1 N–H and O–H groups in total. The van der Waals surface area contributed by atoms with Crippen molar-refractivity contribution in [2.45, 2.75) is 51.0 Å². The van der Waals surface area contributed by atoms with E-state index in [1.54, 1.807) is 6.92 Å². The van der Waals surface area contributed by atoms with Crippen LogP contribution in [0.15, 0.2) is 5.16 Å². The summed E-state index contributed by atoms with van der Waals surface area (Å²) in [5.74, 6) is 2.98. The van der Waals surface area contributed by atoms with Crippen molar-refractivity contribution in [3.8, 4) is 0 Å². The van der Waals surface area contributed by atoms with Gasteiger partial charge in [-0.2, -0.15) is 0 Å². The number of hydrogen-bond donors (Lipinski definition) is 1. The maximum Gasteiger partial charge on any atom is 0.351 e. The normalized spacial score (nSPS) is 51.0. The molecule has 1 atom stereocenters. The first kappa shape index (κ1) is 11.7. The zero-order valence-corrected chi connectivity index (χ0v) is 11.3. The van der Waals surface area contributed by atoms with Crippen molar-refractivity contribution in [3.63, 3.8) is 0 Å². The molecule has 4 nitrogen and oxygen atoms in total. The minimum atomic E-state index is -1.12. The maximum absolute atomic E-state index is 11.3. The molecule has 104 valence electrons. The summed E-state index contributed by atoms with van der Waals surface area (Å²) in [7, 11) is 0. The van der Waals surface area contributed by atoms with Gasteiger partial charge in [-0.25, -0.2) is 4.79 Å². The molecule has 0 radical (unpaired) electrons. The van der Waals surface area contributed by atoms with Crippen LogP contribution in [0.25, 0.3) is 0 Å². The standard InChI is InChI=1S/C15H21NO3/c1-15(14(17)18)7-12(16-19-15)13-10-3-8-2-9(5-10)6-11(13)4-8/h8-11,13H,2-7H2,1H3,(H,17,18). The van der Waals surface area contributed by atoms with Gasteiger partial charge >= 0.3 is 5.97 Å². The Bertz CT molecular complexity index is 430. The summed E-state index contributed by atoms with van der Waals surface area (Å²) in [5.41, 5.74) is -0.0806. The van der Waals surface area contributed by atoms with Crippen molar-refractivity contribution in [1.82, 2.24) is 0 Å². The van der Waals surface area contributed by atoms with E-state index in [-0.39, 0.29) is 0 Å². The number of carbonyl (C=O) groups is 1. The number of carboxylic acids is 1. The van der Waals surface area contributed by atoms with Crippen LogP contribution in [0.2, 0.25) is 0 Å². The van der Waals surface area contributed by atoms with Crippen LogP contribution in [0.1, 0.15) is 45.4 Å². The van der Waals surface area contributed by atoms with Crippen LogP contribution >= 0.6 is 0 Å². The summed E-state index contributed by atoms with van der Waals surface area (Å²) in [6, 6.07) is 0. The molecule has 0 amide bonds. The van der Waals surface area contributed by atoms with Crippen LogP contribution in [-0.4, -0.2) is 22.4 Å². The van der Waals surface area contributed by atoms with Crippen LogP contribution in [0, 0.1) is 29.6 Å². The molecule has 4 bridgehead atoms. The van der Waals surface area contributed by atoms with Crippen molar-refractivity contribution in [3.05, 3.63) is 0 Å². The van der Waals surface area contributed by atoms with Gasteiger partial charge in [0, 0.05) is 12.3 Å². The summed E-state index contributed by atoms with van der Waals surface area (Å²) >= 11 is 0. The van der Waals surface area contributed by atoms with E-state index >= 15 is 0 Å². The number of aliphatic carboxylic acids is 1. The highest BCUT2D eigenvalue weighted by Crippen LogP contribution is 2.57. The van der Waals surface area contributed by atoms with Crippen LogP contribution in [0.5, 0.6) is 0 Å². The molecule has 5 aliphatic rings. The Hall–Kier alpha value is -1.06. The Labute approximate surface area is 113 Å². The molecule has 4 saturated carbocycles. The molecule has 4 fully saturated rings. The molecule has 5 rings (SSSR count). The third-order valence-corrected chi connectivity index (χ3v) is 5.95. The molecular formula is C15H21NO3. The van der Waals surface area contributed by atoms with Gasteiger partial charge in [-0.3, -0.25) is 0 Å². The average molecular weight is 263 g/mol. The first-order valence-corrected chi connectivity index (χ1v) is 7.53. The molecule has 19 heavy (non-hydrogen) atoms. The van der Waals surface area contributed by atoms with Gasteiger partial charge in [-0.1, -0.05) is 5.16 Å². The van der Waals surface area contributed by atoms with E-state index in [1.165, 1.54) is 32.1 Å². The summed E-state index contributed by atoms with van der Waals surface area (Å²) in [6.45, 7) is 1.64. The monoisotopic (exact) mass is 263 g/mol. The summed E-state index contributed by atoms with van der Waals surface area (Å²) in [5, 5.41) is 13.4. The van der Waals surface area contributed by atoms with Crippen molar-refractivity contribution in [1.29, 1.82) is 0 Å². The van der Waals surface area contributed by atoms with E-state index in [2.05, 4.69) is 5.16 Å². The number of carboxylic acid groups (broad SMARTS) is 1. The molecule has 0 aromatic carbocycles. The predicted molar refractivity (Wildman–Crippen MR) is 69.7 cm³/mol. The Balaban J connectivity index is 1.56. The minimum absolute atomic E-state index is 0.481. The highest BCUT2D eigenvalue weighted by Gasteiger charge is 2.53. The average Bonchev–Trinajstić information content (AvgIpc) is 2.72. The second kappa shape index (κ2) is 3.74. The van der Waals surface area contributed by atoms with Crippen molar-refractivity contribution >= 4 is 11.7 Å². The van der Waals surface area contributed by atoms with Gasteiger partial charge in [-0.05, 0) is 62.7 Å². The van der Waals surface area contributed by atoms with Crippen molar-refractivity contribution < 1.29 is 14.7 Å². The van der Waals surface area contributed by atoms with Crippen LogP contribution in [-0.2, 0) is 9.63 Å². The molecule has 0 aromatic rings. The molecule has 4 heteroatoms. The molecule has 0 aromatic heterocycles. The van der Waals surface area contributed by atoms with Crippen LogP contribution in [0.3, 0.4) is 0 Å². The lowest BCUT2D eigenvalue weighted by molar-refractivity contribution is -0.160. The Morgan fingerprint density at radius 3 is 2.26 bits per heavy atom. The molecule has 0 saturated heterocycles. The van der Waals surface area contributed by atoms with E-state index in [0.717, 1.165) is 29.4 Å². The lowest BCUT2D eigenvalue weighted by atomic mass is 9.50. The fourth-order valence-corrected chi connectivity index (χ4v) is 5.33. The van der Waals surface area contributed by atoms with Gasteiger partial charge in [0.15, 0.2) is 0 Å². The molecule has 4 aliphatic carbocycles. The van der Waals surface area contributed by atoms with E-state index in [9.17, 15) is 9.90 Å². The first-order valence-electron chi connectivity index (χ1n) is 7.53. The van der Waals surface area contributed by atoms with Gasteiger partial charge in [0.25, 0.3) is 0 Å². The van der Waals surface area contributed by atoms with Crippen LogP contribution < -0.4 is 0 Å². The highest BCUT2D eigenvalue weighted by molar-refractivity contribution is 5.94. The topological polar surface area (TPSA) is 58.9 Å².